The molecule has 0 aliphatic carbocycles. The Morgan fingerprint density at radius 3 is 2.57 bits per heavy atom. The molecule has 0 aliphatic heterocycles. The van der Waals surface area contributed by atoms with Gasteiger partial charge in [0.25, 0.3) is 0 Å². The van der Waals surface area contributed by atoms with Gasteiger partial charge in [-0.3, -0.25) is 9.97 Å². The van der Waals surface area contributed by atoms with E-state index in [1.807, 2.05) is 30.3 Å². The first-order chi connectivity index (χ1) is 6.92. The number of nitrogens with zero attached hydrogens (tertiary/aromatic N) is 2. The van der Waals surface area contributed by atoms with Gasteiger partial charge >= 0.3 is 8.05 Å². The molecule has 68 valence electrons. The minimum atomic E-state index is 0.742. The smallest absolute Gasteiger partial charge is 0.322 e. The lowest BCUT2D eigenvalue weighted by Crippen LogP contribution is -1.93. The average Bonchev–Trinajstić information content (AvgIpc) is 2.30. The van der Waals surface area contributed by atoms with Crippen LogP contribution in [0.1, 0.15) is 0 Å². The highest BCUT2D eigenvalue weighted by Gasteiger charge is 2.05. The van der Waals surface area contributed by atoms with Crippen LogP contribution in [0, 0.1) is 0 Å². The fourth-order valence-electron chi connectivity index (χ4n) is 1.25. The maximum atomic E-state index is 5.20. The molecule has 2 rings (SSSR count). The highest BCUT2D eigenvalue weighted by atomic mass is 16.4. The molecule has 0 amide bonds. The molecule has 0 unspecified atom stereocenters. The molecule has 0 aromatic carbocycles. The maximum Gasteiger partial charge on any atom is 0.322 e. The van der Waals surface area contributed by atoms with Gasteiger partial charge in [-0.1, -0.05) is 6.07 Å². The van der Waals surface area contributed by atoms with E-state index >= 15 is 0 Å². The second-order valence-electron chi connectivity index (χ2n) is 2.77. The number of hydrogen-bond donors (Lipinski definition) is 0. The van der Waals surface area contributed by atoms with Crippen molar-refractivity contribution >= 4 is 8.05 Å². The molecule has 0 saturated heterocycles. The van der Waals surface area contributed by atoms with Crippen LogP contribution in [0.2, 0.25) is 0 Å². The highest BCUT2D eigenvalue weighted by Crippen LogP contribution is 2.24. The Bertz CT molecular complexity index is 419. The zero-order valence-corrected chi connectivity index (χ0v) is 7.84. The van der Waals surface area contributed by atoms with Gasteiger partial charge in [-0.15, -0.1) is 0 Å². The van der Waals surface area contributed by atoms with E-state index in [-0.39, 0.29) is 0 Å². The Morgan fingerprint density at radius 1 is 1.00 bits per heavy atom. The molecule has 0 radical (unpaired) electrons. The summed E-state index contributed by atoms with van der Waals surface area (Å²) in [6.07, 6.45) is 3.47. The predicted molar refractivity (Wildman–Crippen MR) is 56.6 cm³/mol. The minimum Gasteiger partial charge on any atom is -0.566 e. The van der Waals surface area contributed by atoms with Gasteiger partial charge in [-0.05, 0) is 24.3 Å². The van der Waals surface area contributed by atoms with Crippen LogP contribution in [-0.4, -0.2) is 18.0 Å². The third-order valence-corrected chi connectivity index (χ3v) is 1.90. The van der Waals surface area contributed by atoms with Crippen molar-refractivity contribution in [1.82, 2.24) is 9.97 Å². The van der Waals surface area contributed by atoms with Crippen LogP contribution in [0.4, 0.5) is 0 Å². The quantitative estimate of drug-likeness (QED) is 0.654. The molecule has 0 fully saturated rings. The summed E-state index contributed by atoms with van der Waals surface area (Å²) in [5.74, 6) is 0.742. The van der Waals surface area contributed by atoms with Gasteiger partial charge in [0.15, 0.2) is 0 Å². The molecule has 0 bridgehead atoms. The first kappa shape index (κ1) is 8.75. The van der Waals surface area contributed by atoms with Gasteiger partial charge in [0.1, 0.15) is 11.4 Å². The van der Waals surface area contributed by atoms with Crippen LogP contribution in [0.25, 0.3) is 11.4 Å². The molecule has 0 atom stereocenters. The maximum absolute atomic E-state index is 5.20. The third-order valence-electron chi connectivity index (χ3n) is 1.90. The zero-order valence-electron chi connectivity index (χ0n) is 7.84. The van der Waals surface area contributed by atoms with Crippen molar-refractivity contribution in [2.24, 2.45) is 0 Å². The summed E-state index contributed by atoms with van der Waals surface area (Å²) >= 11 is 0. The van der Waals surface area contributed by atoms with Crippen LogP contribution in [0.3, 0.4) is 0 Å². The van der Waals surface area contributed by atoms with Gasteiger partial charge in [0.2, 0.25) is 0 Å². The van der Waals surface area contributed by atoms with E-state index in [9.17, 15) is 0 Å². The largest absolute Gasteiger partial charge is 0.566 e. The Balaban J connectivity index is 2.51. The normalized spacial score (nSPS) is 9.71. The second kappa shape index (κ2) is 3.92. The monoisotopic (exact) mass is 184 g/mol. The van der Waals surface area contributed by atoms with E-state index in [1.54, 1.807) is 20.4 Å². The number of rotatable bonds is 2. The molecule has 0 spiro atoms. The molecular formula is C10H9BN2O. The first-order valence-corrected chi connectivity index (χ1v) is 4.32. The highest BCUT2D eigenvalue weighted by molar-refractivity contribution is 6.00. The summed E-state index contributed by atoms with van der Waals surface area (Å²) in [6, 6.07) is 9.42. The van der Waals surface area contributed by atoms with E-state index in [2.05, 4.69) is 9.97 Å². The fraction of sp³-hybridized carbons (Fsp3) is 0. The predicted octanol–water partition coefficient (Wildman–Crippen LogP) is 1.07. The Hall–Kier alpha value is -1.84. The number of aromatic nitrogens is 2. The summed E-state index contributed by atoms with van der Waals surface area (Å²) in [5.41, 5.74) is 1.60. The number of hydrogen-bond acceptors (Lipinski definition) is 3. The van der Waals surface area contributed by atoms with Crippen LogP contribution in [0.5, 0.6) is 5.75 Å². The van der Waals surface area contributed by atoms with Crippen LogP contribution >= 0.6 is 0 Å². The van der Waals surface area contributed by atoms with Crippen molar-refractivity contribution in [3.05, 3.63) is 42.7 Å². The van der Waals surface area contributed by atoms with Crippen molar-refractivity contribution in [3.8, 4) is 17.1 Å². The molecule has 4 heteroatoms. The van der Waals surface area contributed by atoms with Crippen LogP contribution in [0.15, 0.2) is 42.7 Å². The SMILES string of the molecule is BOc1cccnc1-c1ccccn1. The molecule has 14 heavy (non-hydrogen) atoms. The average molecular weight is 184 g/mol. The summed E-state index contributed by atoms with van der Waals surface area (Å²) in [7, 11) is 1.63. The van der Waals surface area contributed by atoms with E-state index in [1.165, 1.54) is 0 Å². The van der Waals surface area contributed by atoms with Gasteiger partial charge in [-0.2, -0.15) is 0 Å². The topological polar surface area (TPSA) is 35.0 Å². The van der Waals surface area contributed by atoms with Gasteiger partial charge in [0.05, 0.1) is 5.69 Å². The van der Waals surface area contributed by atoms with Crippen molar-refractivity contribution in [2.75, 3.05) is 0 Å². The minimum absolute atomic E-state index is 0.742. The van der Waals surface area contributed by atoms with Crippen molar-refractivity contribution in [1.29, 1.82) is 0 Å². The van der Waals surface area contributed by atoms with E-state index in [0.717, 1.165) is 17.1 Å². The molecule has 0 saturated carbocycles. The molecule has 3 nitrogen and oxygen atoms in total. The summed E-state index contributed by atoms with van der Waals surface area (Å²) in [6.45, 7) is 0. The first-order valence-electron chi connectivity index (χ1n) is 4.32. The second-order valence-corrected chi connectivity index (χ2v) is 2.77. The van der Waals surface area contributed by atoms with Gasteiger partial charge < -0.3 is 4.65 Å². The Labute approximate surface area is 83.2 Å². The van der Waals surface area contributed by atoms with Gasteiger partial charge in [-0.25, -0.2) is 0 Å². The van der Waals surface area contributed by atoms with Crippen molar-refractivity contribution in [2.45, 2.75) is 0 Å². The third kappa shape index (κ3) is 1.59. The summed E-state index contributed by atoms with van der Waals surface area (Å²) in [5, 5.41) is 0. The molecule has 2 aromatic rings. The van der Waals surface area contributed by atoms with Crippen LogP contribution < -0.4 is 4.65 Å². The molecular weight excluding hydrogens is 175 g/mol. The molecule has 2 heterocycles. The lowest BCUT2D eigenvalue weighted by atomic mass is 10.2. The van der Waals surface area contributed by atoms with E-state index in [0.29, 0.717) is 0 Å². The summed E-state index contributed by atoms with van der Waals surface area (Å²) < 4.78 is 5.20. The molecule has 0 aliphatic rings. The Morgan fingerprint density at radius 2 is 1.86 bits per heavy atom. The fourth-order valence-corrected chi connectivity index (χ4v) is 1.25. The lowest BCUT2D eigenvalue weighted by molar-refractivity contribution is 0.614. The number of pyridine rings is 2. The Kier molecular flexibility index (Phi) is 2.45. The van der Waals surface area contributed by atoms with E-state index in [4.69, 9.17) is 4.65 Å². The van der Waals surface area contributed by atoms with Gasteiger partial charge in [0, 0.05) is 12.4 Å². The molecule has 2 aromatic heterocycles. The van der Waals surface area contributed by atoms with Crippen molar-refractivity contribution < 1.29 is 4.65 Å². The standard InChI is InChI=1S/C10H9BN2O/c11-14-9-5-3-7-13-10(9)8-4-1-2-6-12-8/h1-7H,11H2. The van der Waals surface area contributed by atoms with E-state index < -0.39 is 0 Å². The zero-order chi connectivity index (χ0) is 9.80. The lowest BCUT2D eigenvalue weighted by Gasteiger charge is -2.05. The van der Waals surface area contributed by atoms with Crippen molar-refractivity contribution in [3.63, 3.8) is 0 Å². The summed E-state index contributed by atoms with van der Waals surface area (Å²) in [4.78, 5) is 8.45. The molecule has 0 N–H and O–H groups in total. The van der Waals surface area contributed by atoms with Crippen LogP contribution in [-0.2, 0) is 0 Å².